The summed E-state index contributed by atoms with van der Waals surface area (Å²) in [4.78, 5) is 13.1. The number of hydrogen-bond donors (Lipinski definition) is 1. The van der Waals surface area contributed by atoms with Gasteiger partial charge in [-0.25, -0.2) is 0 Å². The van der Waals surface area contributed by atoms with E-state index in [9.17, 15) is 4.79 Å². The van der Waals surface area contributed by atoms with Gasteiger partial charge in [-0.3, -0.25) is 4.79 Å². The van der Waals surface area contributed by atoms with Crippen LogP contribution in [0.2, 0.25) is 0 Å². The zero-order valence-electron chi connectivity index (χ0n) is 12.2. The van der Waals surface area contributed by atoms with Crippen molar-refractivity contribution in [1.82, 2.24) is 5.32 Å². The molecule has 0 saturated carbocycles. The second kappa shape index (κ2) is 7.74. The number of benzene rings is 2. The number of ether oxygens (including phenoxy) is 1. The molecule has 0 bridgehead atoms. The van der Waals surface area contributed by atoms with Crippen molar-refractivity contribution in [2.24, 2.45) is 0 Å². The highest BCUT2D eigenvalue weighted by molar-refractivity contribution is 8.00. The summed E-state index contributed by atoms with van der Waals surface area (Å²) in [6.45, 7) is 1.96. The van der Waals surface area contributed by atoms with Gasteiger partial charge in [0.1, 0.15) is 5.75 Å². The quantitative estimate of drug-likeness (QED) is 0.827. The summed E-state index contributed by atoms with van der Waals surface area (Å²) in [6, 6.07) is 17.6. The topological polar surface area (TPSA) is 38.3 Å². The third-order valence-electron chi connectivity index (χ3n) is 3.10. The molecule has 0 aromatic heterocycles. The molecule has 1 atom stereocenters. The summed E-state index contributed by atoms with van der Waals surface area (Å²) in [5.74, 6) is 1.21. The number of carbonyl (C=O) groups excluding carboxylic acids is 1. The largest absolute Gasteiger partial charge is 0.496 e. The summed E-state index contributed by atoms with van der Waals surface area (Å²) in [6.07, 6.45) is 0. The molecule has 0 radical (unpaired) electrons. The van der Waals surface area contributed by atoms with Gasteiger partial charge in [-0.2, -0.15) is 0 Å². The molecule has 3 nitrogen and oxygen atoms in total. The molecule has 0 saturated heterocycles. The average Bonchev–Trinajstić information content (AvgIpc) is 2.53. The Morgan fingerprint density at radius 3 is 2.52 bits per heavy atom. The smallest absolute Gasteiger partial charge is 0.230 e. The fraction of sp³-hybridized carbons (Fsp3) is 0.235. The minimum absolute atomic E-state index is 0.0160. The Kier molecular flexibility index (Phi) is 5.69. The second-order valence-electron chi connectivity index (χ2n) is 4.63. The van der Waals surface area contributed by atoms with Crippen molar-refractivity contribution in [3.63, 3.8) is 0 Å². The molecule has 1 N–H and O–H groups in total. The van der Waals surface area contributed by atoms with E-state index < -0.39 is 0 Å². The van der Waals surface area contributed by atoms with Crippen LogP contribution >= 0.6 is 11.8 Å². The van der Waals surface area contributed by atoms with E-state index in [0.29, 0.717) is 5.75 Å². The van der Waals surface area contributed by atoms with E-state index in [4.69, 9.17) is 4.74 Å². The van der Waals surface area contributed by atoms with Gasteiger partial charge in [-0.15, -0.1) is 11.8 Å². The van der Waals surface area contributed by atoms with Crippen LogP contribution in [-0.2, 0) is 4.79 Å². The summed E-state index contributed by atoms with van der Waals surface area (Å²) in [7, 11) is 1.64. The first-order valence-corrected chi connectivity index (χ1v) is 7.79. The van der Waals surface area contributed by atoms with E-state index in [1.165, 1.54) is 11.8 Å². The van der Waals surface area contributed by atoms with Gasteiger partial charge in [0.25, 0.3) is 0 Å². The van der Waals surface area contributed by atoms with Gasteiger partial charge in [0.15, 0.2) is 0 Å². The Balaban J connectivity index is 1.90. The Morgan fingerprint density at radius 2 is 1.81 bits per heavy atom. The van der Waals surface area contributed by atoms with E-state index in [-0.39, 0.29) is 11.9 Å². The fourth-order valence-corrected chi connectivity index (χ4v) is 2.78. The molecule has 110 valence electrons. The van der Waals surface area contributed by atoms with E-state index in [1.54, 1.807) is 7.11 Å². The average molecular weight is 301 g/mol. The summed E-state index contributed by atoms with van der Waals surface area (Å²) in [5, 5.41) is 3.00. The lowest BCUT2D eigenvalue weighted by Gasteiger charge is -2.17. The molecular weight excluding hydrogens is 282 g/mol. The minimum atomic E-state index is -0.0787. The second-order valence-corrected chi connectivity index (χ2v) is 5.68. The van der Waals surface area contributed by atoms with Gasteiger partial charge in [-0.05, 0) is 25.1 Å². The van der Waals surface area contributed by atoms with Crippen molar-refractivity contribution < 1.29 is 9.53 Å². The zero-order chi connectivity index (χ0) is 15.1. The number of amides is 1. The van der Waals surface area contributed by atoms with Crippen LogP contribution in [0.25, 0.3) is 0 Å². The maximum absolute atomic E-state index is 12.0. The van der Waals surface area contributed by atoms with E-state index in [0.717, 1.165) is 16.2 Å². The van der Waals surface area contributed by atoms with Crippen LogP contribution in [0.5, 0.6) is 5.75 Å². The summed E-state index contributed by atoms with van der Waals surface area (Å²) >= 11 is 1.53. The molecular formula is C17H19NO2S. The number of nitrogens with one attached hydrogen (secondary N) is 1. The highest BCUT2D eigenvalue weighted by Crippen LogP contribution is 2.24. The maximum atomic E-state index is 12.0. The molecule has 0 fully saturated rings. The molecule has 0 spiro atoms. The van der Waals surface area contributed by atoms with Gasteiger partial charge >= 0.3 is 0 Å². The number of thioether (sulfide) groups is 1. The van der Waals surface area contributed by atoms with Crippen molar-refractivity contribution >= 4 is 17.7 Å². The van der Waals surface area contributed by atoms with Crippen molar-refractivity contribution in [2.75, 3.05) is 12.9 Å². The van der Waals surface area contributed by atoms with Gasteiger partial charge in [0, 0.05) is 10.5 Å². The lowest BCUT2D eigenvalue weighted by molar-refractivity contribution is -0.119. The Labute approximate surface area is 129 Å². The molecule has 0 aliphatic heterocycles. The first-order valence-electron chi connectivity index (χ1n) is 6.81. The Morgan fingerprint density at radius 1 is 1.14 bits per heavy atom. The summed E-state index contributed by atoms with van der Waals surface area (Å²) in [5.41, 5.74) is 0.984. The zero-order valence-corrected chi connectivity index (χ0v) is 13.0. The fourth-order valence-electron chi connectivity index (χ4n) is 2.05. The number of para-hydroxylation sites is 1. The highest BCUT2D eigenvalue weighted by Gasteiger charge is 2.13. The van der Waals surface area contributed by atoms with Gasteiger partial charge < -0.3 is 10.1 Å². The van der Waals surface area contributed by atoms with Gasteiger partial charge in [0.2, 0.25) is 5.91 Å². The molecule has 0 aliphatic carbocycles. The molecule has 2 aromatic carbocycles. The molecule has 2 rings (SSSR count). The molecule has 2 aromatic rings. The SMILES string of the molecule is COc1ccccc1[C@@H](C)NC(=O)CSc1ccccc1. The first kappa shape index (κ1) is 15.4. The van der Waals surface area contributed by atoms with Crippen LogP contribution in [0.1, 0.15) is 18.5 Å². The van der Waals surface area contributed by atoms with Gasteiger partial charge in [-0.1, -0.05) is 36.4 Å². The molecule has 0 heterocycles. The predicted octanol–water partition coefficient (Wildman–Crippen LogP) is 3.66. The van der Waals surface area contributed by atoms with E-state index >= 15 is 0 Å². The third-order valence-corrected chi connectivity index (χ3v) is 4.11. The summed E-state index contributed by atoms with van der Waals surface area (Å²) < 4.78 is 5.32. The van der Waals surface area contributed by atoms with Crippen molar-refractivity contribution in [1.29, 1.82) is 0 Å². The standard InChI is InChI=1S/C17H19NO2S/c1-13(15-10-6-7-11-16(15)20-2)18-17(19)12-21-14-8-4-3-5-9-14/h3-11,13H,12H2,1-2H3,(H,18,19)/t13-/m1/s1. The lowest BCUT2D eigenvalue weighted by Crippen LogP contribution is -2.28. The van der Waals surface area contributed by atoms with Crippen LogP contribution < -0.4 is 10.1 Å². The number of hydrogen-bond acceptors (Lipinski definition) is 3. The van der Waals surface area contributed by atoms with Crippen LogP contribution in [0, 0.1) is 0 Å². The lowest BCUT2D eigenvalue weighted by atomic mass is 10.1. The molecule has 1 amide bonds. The normalized spacial score (nSPS) is 11.7. The maximum Gasteiger partial charge on any atom is 0.230 e. The number of rotatable bonds is 6. The van der Waals surface area contributed by atoms with Crippen molar-refractivity contribution in [2.45, 2.75) is 17.9 Å². The van der Waals surface area contributed by atoms with E-state index in [2.05, 4.69) is 5.32 Å². The van der Waals surface area contributed by atoms with Crippen molar-refractivity contribution in [3.05, 3.63) is 60.2 Å². The third kappa shape index (κ3) is 4.53. The predicted molar refractivity (Wildman–Crippen MR) is 86.7 cm³/mol. The number of methoxy groups -OCH3 is 1. The monoisotopic (exact) mass is 301 g/mol. The number of carbonyl (C=O) groups is 1. The highest BCUT2D eigenvalue weighted by atomic mass is 32.2. The Hall–Kier alpha value is -1.94. The Bertz CT molecular complexity index is 586. The van der Waals surface area contributed by atoms with Gasteiger partial charge in [0.05, 0.1) is 18.9 Å². The van der Waals surface area contributed by atoms with Crippen LogP contribution in [-0.4, -0.2) is 18.8 Å². The molecule has 21 heavy (non-hydrogen) atoms. The van der Waals surface area contributed by atoms with Crippen LogP contribution in [0.3, 0.4) is 0 Å². The molecule has 4 heteroatoms. The van der Waals surface area contributed by atoms with Crippen molar-refractivity contribution in [3.8, 4) is 5.75 Å². The van der Waals surface area contributed by atoms with Crippen LogP contribution in [0.15, 0.2) is 59.5 Å². The molecule has 0 unspecified atom stereocenters. The first-order chi connectivity index (χ1) is 10.2. The van der Waals surface area contributed by atoms with E-state index in [1.807, 2.05) is 61.5 Å². The van der Waals surface area contributed by atoms with Crippen LogP contribution in [0.4, 0.5) is 0 Å². The molecule has 0 aliphatic rings. The minimum Gasteiger partial charge on any atom is -0.496 e.